The third-order valence-corrected chi connectivity index (χ3v) is 2.42. The Balaban J connectivity index is 2.36. The first-order valence-corrected chi connectivity index (χ1v) is 5.89. The number of aliphatic hydroxyl groups is 1. The van der Waals surface area contributed by atoms with E-state index >= 15 is 0 Å². The molecule has 1 rings (SSSR count). The van der Waals surface area contributed by atoms with Crippen LogP contribution in [0.3, 0.4) is 0 Å². The molecule has 0 radical (unpaired) electrons. The zero-order valence-electron chi connectivity index (χ0n) is 9.07. The number of nitrogens with zero attached hydrogens (tertiary/aromatic N) is 1. The first-order chi connectivity index (χ1) is 7.08. The molecule has 0 spiro atoms. The predicted molar refractivity (Wildman–Crippen MR) is 65.9 cm³/mol. The van der Waals surface area contributed by atoms with Gasteiger partial charge >= 0.3 is 0 Å². The maximum atomic E-state index is 9.66. The standard InChI is InChI=1S/C11H17BrN2O/c1-8(2)3-11(15)7-14-10-4-9(12)5-13-6-10/h4-6,8,11,14-15H,3,7H2,1-2H3. The SMILES string of the molecule is CC(C)CC(O)CNc1cncc(Br)c1. The highest BCUT2D eigenvalue weighted by atomic mass is 79.9. The van der Waals surface area contributed by atoms with E-state index in [1.54, 1.807) is 12.4 Å². The van der Waals surface area contributed by atoms with Gasteiger partial charge in [0.15, 0.2) is 0 Å². The molecule has 4 heteroatoms. The average Bonchev–Trinajstić information content (AvgIpc) is 2.14. The van der Waals surface area contributed by atoms with E-state index in [1.165, 1.54) is 0 Å². The van der Waals surface area contributed by atoms with Gasteiger partial charge in [-0.05, 0) is 34.3 Å². The van der Waals surface area contributed by atoms with Gasteiger partial charge < -0.3 is 10.4 Å². The fraction of sp³-hybridized carbons (Fsp3) is 0.545. The summed E-state index contributed by atoms with van der Waals surface area (Å²) in [5.41, 5.74) is 0.923. The molecule has 15 heavy (non-hydrogen) atoms. The average molecular weight is 273 g/mol. The molecule has 0 fully saturated rings. The second-order valence-corrected chi connectivity index (χ2v) is 4.97. The lowest BCUT2D eigenvalue weighted by molar-refractivity contribution is 0.161. The van der Waals surface area contributed by atoms with Gasteiger partial charge in [0.2, 0.25) is 0 Å². The molecule has 0 aliphatic rings. The van der Waals surface area contributed by atoms with E-state index in [1.807, 2.05) is 6.07 Å². The molecular weight excluding hydrogens is 256 g/mol. The van der Waals surface area contributed by atoms with Gasteiger partial charge in [-0.15, -0.1) is 0 Å². The first-order valence-electron chi connectivity index (χ1n) is 5.10. The minimum atomic E-state index is -0.302. The number of hydrogen-bond donors (Lipinski definition) is 2. The lowest BCUT2D eigenvalue weighted by Crippen LogP contribution is -2.21. The van der Waals surface area contributed by atoms with Crippen molar-refractivity contribution in [3.63, 3.8) is 0 Å². The van der Waals surface area contributed by atoms with E-state index in [2.05, 4.69) is 40.1 Å². The van der Waals surface area contributed by atoms with Crippen molar-refractivity contribution < 1.29 is 5.11 Å². The smallest absolute Gasteiger partial charge is 0.0715 e. The van der Waals surface area contributed by atoms with Crippen LogP contribution in [0.4, 0.5) is 5.69 Å². The summed E-state index contributed by atoms with van der Waals surface area (Å²) >= 11 is 3.34. The van der Waals surface area contributed by atoms with E-state index in [9.17, 15) is 5.11 Å². The summed E-state index contributed by atoms with van der Waals surface area (Å²) in [7, 11) is 0. The molecule has 0 aliphatic carbocycles. The molecule has 1 aromatic rings. The van der Waals surface area contributed by atoms with E-state index in [-0.39, 0.29) is 6.10 Å². The van der Waals surface area contributed by atoms with Gasteiger partial charge in [-0.2, -0.15) is 0 Å². The highest BCUT2D eigenvalue weighted by molar-refractivity contribution is 9.10. The van der Waals surface area contributed by atoms with Gasteiger partial charge in [0, 0.05) is 17.2 Å². The highest BCUT2D eigenvalue weighted by Gasteiger charge is 2.06. The van der Waals surface area contributed by atoms with Gasteiger partial charge in [-0.1, -0.05) is 13.8 Å². The number of aliphatic hydroxyl groups excluding tert-OH is 1. The fourth-order valence-corrected chi connectivity index (χ4v) is 1.74. The van der Waals surface area contributed by atoms with Crippen molar-refractivity contribution in [2.24, 2.45) is 5.92 Å². The van der Waals surface area contributed by atoms with Crippen molar-refractivity contribution in [3.8, 4) is 0 Å². The Morgan fingerprint density at radius 1 is 1.47 bits per heavy atom. The number of pyridine rings is 1. The molecule has 1 atom stereocenters. The van der Waals surface area contributed by atoms with E-state index in [0.29, 0.717) is 12.5 Å². The monoisotopic (exact) mass is 272 g/mol. The van der Waals surface area contributed by atoms with E-state index in [0.717, 1.165) is 16.6 Å². The third-order valence-electron chi connectivity index (χ3n) is 1.99. The zero-order chi connectivity index (χ0) is 11.3. The molecule has 0 bridgehead atoms. The maximum Gasteiger partial charge on any atom is 0.0715 e. The summed E-state index contributed by atoms with van der Waals surface area (Å²) in [6.07, 6.45) is 3.99. The van der Waals surface area contributed by atoms with Gasteiger partial charge in [-0.3, -0.25) is 4.98 Å². The molecule has 0 aromatic carbocycles. The first kappa shape index (κ1) is 12.5. The minimum Gasteiger partial charge on any atom is -0.391 e. The maximum absolute atomic E-state index is 9.66. The Labute approximate surface area is 99.1 Å². The summed E-state index contributed by atoms with van der Waals surface area (Å²) in [4.78, 5) is 4.03. The van der Waals surface area contributed by atoms with E-state index < -0.39 is 0 Å². The summed E-state index contributed by atoms with van der Waals surface area (Å²) in [5, 5.41) is 12.8. The Hall–Kier alpha value is -0.610. The van der Waals surface area contributed by atoms with Crippen LogP contribution in [0.1, 0.15) is 20.3 Å². The molecule has 0 aliphatic heterocycles. The molecule has 3 nitrogen and oxygen atoms in total. The van der Waals surface area contributed by atoms with Crippen LogP contribution in [-0.4, -0.2) is 22.7 Å². The van der Waals surface area contributed by atoms with Crippen molar-refractivity contribution in [2.45, 2.75) is 26.4 Å². The predicted octanol–water partition coefficient (Wildman–Crippen LogP) is 2.66. The summed E-state index contributed by atoms with van der Waals surface area (Å²) in [5.74, 6) is 0.516. The number of anilines is 1. The van der Waals surface area contributed by atoms with Crippen LogP contribution in [0.5, 0.6) is 0 Å². The Morgan fingerprint density at radius 2 is 2.20 bits per heavy atom. The Bertz CT molecular complexity index is 304. The molecule has 0 saturated carbocycles. The highest BCUT2D eigenvalue weighted by Crippen LogP contribution is 2.14. The second-order valence-electron chi connectivity index (χ2n) is 4.06. The minimum absolute atomic E-state index is 0.302. The number of rotatable bonds is 5. The Kier molecular flexibility index (Phi) is 5.05. The summed E-state index contributed by atoms with van der Waals surface area (Å²) < 4.78 is 0.936. The molecule has 84 valence electrons. The van der Waals surface area contributed by atoms with Crippen molar-refractivity contribution in [1.29, 1.82) is 0 Å². The topological polar surface area (TPSA) is 45.1 Å². The van der Waals surface area contributed by atoms with Crippen LogP contribution in [0, 0.1) is 5.92 Å². The molecule has 1 aromatic heterocycles. The summed E-state index contributed by atoms with van der Waals surface area (Å²) in [6, 6.07) is 1.94. The van der Waals surface area contributed by atoms with Crippen molar-refractivity contribution >= 4 is 21.6 Å². The molecule has 0 saturated heterocycles. The number of nitrogens with one attached hydrogen (secondary N) is 1. The molecule has 2 N–H and O–H groups in total. The van der Waals surface area contributed by atoms with Gasteiger partial charge in [0.05, 0.1) is 18.0 Å². The number of aromatic nitrogens is 1. The molecule has 1 unspecified atom stereocenters. The van der Waals surface area contributed by atoms with Crippen molar-refractivity contribution in [2.75, 3.05) is 11.9 Å². The van der Waals surface area contributed by atoms with Crippen LogP contribution in [0.2, 0.25) is 0 Å². The quantitative estimate of drug-likeness (QED) is 0.867. The van der Waals surface area contributed by atoms with Crippen molar-refractivity contribution in [3.05, 3.63) is 22.9 Å². The van der Waals surface area contributed by atoms with Crippen LogP contribution in [0.25, 0.3) is 0 Å². The molecular formula is C11H17BrN2O. The van der Waals surface area contributed by atoms with Crippen LogP contribution in [0.15, 0.2) is 22.9 Å². The van der Waals surface area contributed by atoms with Gasteiger partial charge in [0.1, 0.15) is 0 Å². The van der Waals surface area contributed by atoms with Gasteiger partial charge in [0.25, 0.3) is 0 Å². The van der Waals surface area contributed by atoms with Crippen molar-refractivity contribution in [1.82, 2.24) is 4.98 Å². The normalized spacial score (nSPS) is 12.9. The fourth-order valence-electron chi connectivity index (χ4n) is 1.37. The largest absolute Gasteiger partial charge is 0.391 e. The third kappa shape index (κ3) is 5.14. The number of hydrogen-bond acceptors (Lipinski definition) is 3. The second kappa shape index (κ2) is 6.08. The van der Waals surface area contributed by atoms with Gasteiger partial charge in [-0.25, -0.2) is 0 Å². The summed E-state index contributed by atoms with van der Waals surface area (Å²) in [6.45, 7) is 4.77. The van der Waals surface area contributed by atoms with Crippen LogP contribution >= 0.6 is 15.9 Å². The van der Waals surface area contributed by atoms with Crippen LogP contribution < -0.4 is 5.32 Å². The molecule has 0 amide bonds. The Morgan fingerprint density at radius 3 is 2.80 bits per heavy atom. The van der Waals surface area contributed by atoms with E-state index in [4.69, 9.17) is 0 Å². The lowest BCUT2D eigenvalue weighted by atomic mass is 10.1. The van der Waals surface area contributed by atoms with Crippen LogP contribution in [-0.2, 0) is 0 Å². The zero-order valence-corrected chi connectivity index (χ0v) is 10.7. The number of halogens is 1. The molecule has 1 heterocycles. The lowest BCUT2D eigenvalue weighted by Gasteiger charge is -2.14.